The average molecular weight is 880 g/mol. The summed E-state index contributed by atoms with van der Waals surface area (Å²) >= 11 is 0. The molecule has 0 aliphatic rings. The number of carboxylic acids is 1. The van der Waals surface area contributed by atoms with E-state index in [9.17, 15) is 47.0 Å². The second-order valence-electron chi connectivity index (χ2n) is 17.6. The summed E-state index contributed by atoms with van der Waals surface area (Å²) in [4.78, 5) is 73.2. The van der Waals surface area contributed by atoms with Crippen LogP contribution in [0.2, 0.25) is 0 Å². The highest BCUT2D eigenvalue weighted by Gasteiger charge is 2.22. The van der Waals surface area contributed by atoms with Crippen molar-refractivity contribution in [2.75, 3.05) is 13.1 Å². The van der Waals surface area contributed by atoms with Crippen LogP contribution in [0.4, 0.5) is 13.2 Å². The predicted molar refractivity (Wildman–Crippen MR) is 238 cm³/mol. The first-order chi connectivity index (χ1) is 29.8. The normalized spacial score (nSPS) is 11.2. The second kappa shape index (κ2) is 20.3. The van der Waals surface area contributed by atoms with E-state index in [1.165, 1.54) is 86.6 Å². The van der Waals surface area contributed by atoms with Gasteiger partial charge in [0.25, 0.3) is 17.7 Å². The number of hydrogen-bond acceptors (Lipinski definition) is 6. The quantitative estimate of drug-likeness (QED) is 0.0724. The maximum atomic E-state index is 14.8. The summed E-state index contributed by atoms with van der Waals surface area (Å²) in [6.45, 7) is 15.8. The van der Waals surface area contributed by atoms with E-state index in [0.717, 1.165) is 12.1 Å². The third-order valence-corrected chi connectivity index (χ3v) is 9.80. The Hall–Kier alpha value is -7.29. The van der Waals surface area contributed by atoms with E-state index >= 15 is 0 Å². The molecule has 0 bridgehead atoms. The smallest absolute Gasteiger partial charge is 0.335 e. The van der Waals surface area contributed by atoms with Crippen LogP contribution in [0.1, 0.15) is 120 Å². The number of aromatic carboxylic acids is 1. The Bertz CT molecular complexity index is 2630. The SMILES string of the molecule is Cc1c(F)cc(C(=O)NCc2ccc(F)cc2)cc1-c1ccc(C(=O)NCC(C)(C)C)cc1C(N)=O.Cc1c(F)cc(C(=O)O)cc1-c1ccc(C(=O)NCC(C)(C)C)cc1C(N)=O. The maximum Gasteiger partial charge on any atom is 0.335 e. The predicted octanol–water partition coefficient (Wildman–Crippen LogP) is 8.12. The van der Waals surface area contributed by atoms with Crippen LogP contribution < -0.4 is 27.4 Å². The molecule has 0 fully saturated rings. The number of benzene rings is 5. The van der Waals surface area contributed by atoms with E-state index in [-0.39, 0.29) is 84.8 Å². The zero-order valence-electron chi connectivity index (χ0n) is 36.9. The fraction of sp³-hybridized carbons (Fsp3) is 0.265. The summed E-state index contributed by atoms with van der Waals surface area (Å²) in [7, 11) is 0. The number of primary amides is 2. The molecule has 0 aromatic heterocycles. The van der Waals surface area contributed by atoms with Gasteiger partial charge in [-0.2, -0.15) is 0 Å². The minimum absolute atomic E-state index is 0.00782. The lowest BCUT2D eigenvalue weighted by atomic mass is 9.91. The molecule has 64 heavy (non-hydrogen) atoms. The van der Waals surface area contributed by atoms with Crippen molar-refractivity contribution in [2.45, 2.75) is 61.9 Å². The Kier molecular flexibility index (Phi) is 15.6. The standard InChI is InChI=1S/C28H29F2N3O3.C21H23FN2O4/c1-16-22(12-19(13-24(16)30)27(36)32-14-17-5-8-20(29)9-6-17)21-10-7-18(11-23(21)25(31)34)26(35)33-15-28(2,3)4;1-11-15(8-13(20(27)28)9-17(11)22)14-6-5-12(7-16(14)18(23)25)19(26)24-10-21(2,3)4/h5-13H,14-15H2,1-4H3,(H2,31,34)(H,32,36)(H,33,35);5-9H,10H2,1-4H3,(H2,23,25)(H,24,26)(H,27,28). The van der Waals surface area contributed by atoms with E-state index < -0.39 is 41.1 Å². The number of halogens is 3. The number of carbonyl (C=O) groups is 6. The number of nitrogens with one attached hydrogen (secondary N) is 3. The zero-order valence-corrected chi connectivity index (χ0v) is 36.9. The number of nitrogens with two attached hydrogens (primary N) is 2. The lowest BCUT2D eigenvalue weighted by Crippen LogP contribution is -2.32. The van der Waals surface area contributed by atoms with Gasteiger partial charge in [0.1, 0.15) is 17.5 Å². The van der Waals surface area contributed by atoms with Gasteiger partial charge in [-0.15, -0.1) is 0 Å². The van der Waals surface area contributed by atoms with Crippen molar-refractivity contribution in [3.63, 3.8) is 0 Å². The molecule has 5 amide bonds. The Morgan fingerprint density at radius 3 is 1.30 bits per heavy atom. The first-order valence-electron chi connectivity index (χ1n) is 20.1. The summed E-state index contributed by atoms with van der Waals surface area (Å²) in [6, 6.07) is 19.1. The Morgan fingerprint density at radius 2 is 0.906 bits per heavy atom. The fourth-order valence-electron chi connectivity index (χ4n) is 6.20. The molecule has 0 heterocycles. The molecule has 336 valence electrons. The molecule has 15 heteroatoms. The van der Waals surface area contributed by atoms with E-state index in [2.05, 4.69) is 16.0 Å². The monoisotopic (exact) mass is 879 g/mol. The molecule has 0 saturated heterocycles. The highest BCUT2D eigenvalue weighted by atomic mass is 19.1. The number of amides is 5. The first kappa shape index (κ1) is 49.4. The summed E-state index contributed by atoms with van der Waals surface area (Å²) in [6.07, 6.45) is 0. The van der Waals surface area contributed by atoms with Crippen molar-refractivity contribution in [2.24, 2.45) is 22.3 Å². The third kappa shape index (κ3) is 13.1. The van der Waals surface area contributed by atoms with Gasteiger partial charge in [-0.1, -0.05) is 65.8 Å². The Morgan fingerprint density at radius 1 is 0.516 bits per heavy atom. The van der Waals surface area contributed by atoms with Crippen LogP contribution in [0.5, 0.6) is 0 Å². The Labute approximate surface area is 369 Å². The lowest BCUT2D eigenvalue weighted by molar-refractivity contribution is 0.0695. The molecule has 12 nitrogen and oxygen atoms in total. The van der Waals surface area contributed by atoms with Gasteiger partial charge in [0.05, 0.1) is 5.56 Å². The average Bonchev–Trinajstić information content (AvgIpc) is 3.22. The van der Waals surface area contributed by atoms with Gasteiger partial charge < -0.3 is 32.5 Å². The molecule has 0 aliphatic heterocycles. The fourth-order valence-corrected chi connectivity index (χ4v) is 6.20. The molecule has 0 spiro atoms. The topological polar surface area (TPSA) is 211 Å². The third-order valence-electron chi connectivity index (χ3n) is 9.80. The van der Waals surface area contributed by atoms with Crippen LogP contribution >= 0.6 is 0 Å². The van der Waals surface area contributed by atoms with Crippen LogP contribution in [0, 0.1) is 42.1 Å². The maximum absolute atomic E-state index is 14.8. The van der Waals surface area contributed by atoms with Crippen LogP contribution in [0.15, 0.2) is 84.9 Å². The highest BCUT2D eigenvalue weighted by Crippen LogP contribution is 2.32. The van der Waals surface area contributed by atoms with Gasteiger partial charge in [0, 0.05) is 47.5 Å². The number of carboxylic acid groups (broad SMARTS) is 1. The van der Waals surface area contributed by atoms with E-state index in [1.807, 2.05) is 41.5 Å². The van der Waals surface area contributed by atoms with E-state index in [4.69, 9.17) is 11.5 Å². The van der Waals surface area contributed by atoms with Crippen LogP contribution in [0.25, 0.3) is 22.3 Å². The van der Waals surface area contributed by atoms with E-state index in [0.29, 0.717) is 29.8 Å². The minimum Gasteiger partial charge on any atom is -0.478 e. The molecular weight excluding hydrogens is 828 g/mol. The lowest BCUT2D eigenvalue weighted by Gasteiger charge is -2.19. The zero-order chi connectivity index (χ0) is 47.8. The van der Waals surface area contributed by atoms with Gasteiger partial charge in [-0.3, -0.25) is 24.0 Å². The summed E-state index contributed by atoms with van der Waals surface area (Å²) in [5.74, 6) is -5.90. The van der Waals surface area contributed by atoms with Crippen molar-refractivity contribution in [1.29, 1.82) is 0 Å². The van der Waals surface area contributed by atoms with Crippen LogP contribution in [0.3, 0.4) is 0 Å². The molecule has 0 saturated carbocycles. The second-order valence-corrected chi connectivity index (χ2v) is 17.6. The van der Waals surface area contributed by atoms with Crippen molar-refractivity contribution in [1.82, 2.24) is 16.0 Å². The molecule has 0 unspecified atom stereocenters. The van der Waals surface area contributed by atoms with Gasteiger partial charge >= 0.3 is 5.97 Å². The first-order valence-corrected chi connectivity index (χ1v) is 20.1. The molecule has 0 atom stereocenters. The largest absolute Gasteiger partial charge is 0.478 e. The molecular formula is C49H52F3N5O7. The van der Waals surface area contributed by atoms with Gasteiger partial charge in [0.2, 0.25) is 11.8 Å². The molecule has 0 radical (unpaired) electrons. The summed E-state index contributed by atoms with van der Waals surface area (Å²) < 4.78 is 42.1. The van der Waals surface area contributed by atoms with Crippen LogP contribution in [-0.4, -0.2) is 53.7 Å². The number of carbonyl (C=O) groups excluding carboxylic acids is 5. The van der Waals surface area contributed by atoms with Crippen LogP contribution in [-0.2, 0) is 6.54 Å². The molecule has 5 rings (SSSR count). The molecule has 0 aliphatic carbocycles. The summed E-state index contributed by atoms with van der Waals surface area (Å²) in [5, 5.41) is 17.5. The van der Waals surface area contributed by atoms with Crippen molar-refractivity contribution < 1.29 is 47.0 Å². The van der Waals surface area contributed by atoms with Crippen molar-refractivity contribution >= 4 is 35.5 Å². The molecule has 8 N–H and O–H groups in total. The molecule has 5 aromatic carbocycles. The Balaban J connectivity index is 0.000000290. The minimum atomic E-state index is -1.29. The van der Waals surface area contributed by atoms with Crippen molar-refractivity contribution in [3.05, 3.63) is 152 Å². The van der Waals surface area contributed by atoms with Gasteiger partial charge in [-0.05, 0) is 124 Å². The highest BCUT2D eigenvalue weighted by molar-refractivity contribution is 6.06. The number of rotatable bonds is 12. The molecule has 5 aromatic rings. The number of hydrogen-bond donors (Lipinski definition) is 6. The van der Waals surface area contributed by atoms with Crippen molar-refractivity contribution in [3.8, 4) is 22.3 Å². The van der Waals surface area contributed by atoms with Gasteiger partial charge in [-0.25, -0.2) is 18.0 Å². The van der Waals surface area contributed by atoms with E-state index in [1.54, 1.807) is 0 Å². The summed E-state index contributed by atoms with van der Waals surface area (Å²) in [5.41, 5.74) is 13.3. The van der Waals surface area contributed by atoms with Gasteiger partial charge in [0.15, 0.2) is 0 Å².